The van der Waals surface area contributed by atoms with Crippen molar-refractivity contribution in [2.75, 3.05) is 18.4 Å². The normalized spacial score (nSPS) is 10.0. The molecule has 0 bridgehead atoms. The Bertz CT molecular complexity index is 323. The summed E-state index contributed by atoms with van der Waals surface area (Å²) in [6.07, 6.45) is 0.516. The van der Waals surface area contributed by atoms with Gasteiger partial charge in [0.2, 0.25) is 5.91 Å². The Balaban J connectivity index is 2.37. The minimum absolute atomic E-state index is 0.0570. The standard InChI is InChI=1S/C12H18N2O/c1-3-13-8-7-12(15)14-11-6-4-5-10(2)9-11/h4-6,9,13H,3,7-8H2,1-2H3,(H,14,15). The smallest absolute Gasteiger partial charge is 0.225 e. The molecule has 0 fully saturated rings. The molecule has 2 N–H and O–H groups in total. The number of benzene rings is 1. The maximum absolute atomic E-state index is 11.4. The van der Waals surface area contributed by atoms with E-state index in [9.17, 15) is 4.79 Å². The third-order valence-corrected chi connectivity index (χ3v) is 2.08. The van der Waals surface area contributed by atoms with Crippen LogP contribution in [0.3, 0.4) is 0 Å². The molecule has 1 aromatic rings. The minimum Gasteiger partial charge on any atom is -0.326 e. The van der Waals surface area contributed by atoms with E-state index < -0.39 is 0 Å². The van der Waals surface area contributed by atoms with E-state index in [1.807, 2.05) is 38.1 Å². The largest absolute Gasteiger partial charge is 0.326 e. The van der Waals surface area contributed by atoms with Crippen LogP contribution < -0.4 is 10.6 Å². The average Bonchev–Trinajstić information content (AvgIpc) is 2.18. The van der Waals surface area contributed by atoms with Crippen molar-refractivity contribution in [3.05, 3.63) is 29.8 Å². The Morgan fingerprint density at radius 1 is 1.40 bits per heavy atom. The number of hydrogen-bond donors (Lipinski definition) is 2. The Morgan fingerprint density at radius 2 is 2.20 bits per heavy atom. The van der Waals surface area contributed by atoms with Gasteiger partial charge in [-0.2, -0.15) is 0 Å². The van der Waals surface area contributed by atoms with Crippen molar-refractivity contribution >= 4 is 11.6 Å². The van der Waals surface area contributed by atoms with Gasteiger partial charge in [-0.05, 0) is 31.2 Å². The highest BCUT2D eigenvalue weighted by Gasteiger charge is 2.00. The Labute approximate surface area is 90.9 Å². The molecule has 0 radical (unpaired) electrons. The average molecular weight is 206 g/mol. The van der Waals surface area contributed by atoms with E-state index in [1.165, 1.54) is 0 Å². The lowest BCUT2D eigenvalue weighted by Crippen LogP contribution is -2.21. The number of anilines is 1. The van der Waals surface area contributed by atoms with Gasteiger partial charge in [0.1, 0.15) is 0 Å². The minimum atomic E-state index is 0.0570. The van der Waals surface area contributed by atoms with Gasteiger partial charge in [0, 0.05) is 18.7 Å². The first-order chi connectivity index (χ1) is 7.22. The van der Waals surface area contributed by atoms with Gasteiger partial charge in [-0.25, -0.2) is 0 Å². The number of nitrogens with one attached hydrogen (secondary N) is 2. The molecule has 0 aliphatic heterocycles. The molecule has 0 unspecified atom stereocenters. The molecule has 82 valence electrons. The third kappa shape index (κ3) is 4.61. The number of rotatable bonds is 5. The van der Waals surface area contributed by atoms with Gasteiger partial charge in [0.05, 0.1) is 0 Å². The summed E-state index contributed by atoms with van der Waals surface area (Å²) in [5, 5.41) is 5.98. The highest BCUT2D eigenvalue weighted by Crippen LogP contribution is 2.09. The fourth-order valence-electron chi connectivity index (χ4n) is 1.33. The lowest BCUT2D eigenvalue weighted by Gasteiger charge is -2.05. The van der Waals surface area contributed by atoms with E-state index in [-0.39, 0.29) is 5.91 Å². The summed E-state index contributed by atoms with van der Waals surface area (Å²) in [6, 6.07) is 7.81. The predicted octanol–water partition coefficient (Wildman–Crippen LogP) is 1.93. The molecule has 3 nitrogen and oxygen atoms in total. The lowest BCUT2D eigenvalue weighted by molar-refractivity contribution is -0.116. The predicted molar refractivity (Wildman–Crippen MR) is 63.0 cm³/mol. The summed E-state index contributed by atoms with van der Waals surface area (Å²) in [5.74, 6) is 0.0570. The molecule has 1 amide bonds. The molecule has 0 aliphatic carbocycles. The van der Waals surface area contributed by atoms with Crippen molar-refractivity contribution < 1.29 is 4.79 Å². The van der Waals surface area contributed by atoms with E-state index in [4.69, 9.17) is 0 Å². The van der Waals surface area contributed by atoms with Crippen LogP contribution in [0, 0.1) is 6.92 Å². The first-order valence-corrected chi connectivity index (χ1v) is 5.29. The maximum atomic E-state index is 11.4. The van der Waals surface area contributed by atoms with Crippen molar-refractivity contribution in [2.45, 2.75) is 20.3 Å². The van der Waals surface area contributed by atoms with Gasteiger partial charge >= 0.3 is 0 Å². The molecule has 1 aromatic carbocycles. The van der Waals surface area contributed by atoms with E-state index in [0.717, 1.165) is 24.3 Å². The number of amides is 1. The van der Waals surface area contributed by atoms with Crippen LogP contribution in [0.4, 0.5) is 5.69 Å². The second-order valence-corrected chi connectivity index (χ2v) is 3.52. The van der Waals surface area contributed by atoms with Gasteiger partial charge in [-0.3, -0.25) is 4.79 Å². The summed E-state index contributed by atoms with van der Waals surface area (Å²) in [4.78, 5) is 11.4. The molecule has 0 spiro atoms. The molecule has 1 rings (SSSR count). The third-order valence-electron chi connectivity index (χ3n) is 2.08. The maximum Gasteiger partial charge on any atom is 0.225 e. The highest BCUT2D eigenvalue weighted by atomic mass is 16.1. The quantitative estimate of drug-likeness (QED) is 0.723. The Kier molecular flexibility index (Phi) is 4.84. The second kappa shape index (κ2) is 6.19. The number of hydrogen-bond acceptors (Lipinski definition) is 2. The van der Waals surface area contributed by atoms with Crippen LogP contribution in [-0.4, -0.2) is 19.0 Å². The first kappa shape index (κ1) is 11.7. The summed E-state index contributed by atoms with van der Waals surface area (Å²) in [7, 11) is 0. The summed E-state index contributed by atoms with van der Waals surface area (Å²) in [5.41, 5.74) is 2.02. The Morgan fingerprint density at radius 3 is 2.87 bits per heavy atom. The molecule has 3 heteroatoms. The molecule has 15 heavy (non-hydrogen) atoms. The molecular weight excluding hydrogens is 188 g/mol. The van der Waals surface area contributed by atoms with Gasteiger partial charge in [-0.15, -0.1) is 0 Å². The van der Waals surface area contributed by atoms with Crippen LogP contribution in [0.2, 0.25) is 0 Å². The Hall–Kier alpha value is -1.35. The van der Waals surface area contributed by atoms with Crippen LogP contribution in [0.25, 0.3) is 0 Å². The van der Waals surface area contributed by atoms with Gasteiger partial charge in [-0.1, -0.05) is 19.1 Å². The zero-order chi connectivity index (χ0) is 11.1. The first-order valence-electron chi connectivity index (χ1n) is 5.29. The molecule has 0 saturated carbocycles. The summed E-state index contributed by atoms with van der Waals surface area (Å²) in [6.45, 7) is 5.67. The van der Waals surface area contributed by atoms with Gasteiger partial charge in [0.15, 0.2) is 0 Å². The van der Waals surface area contributed by atoms with Crippen LogP contribution in [0.5, 0.6) is 0 Å². The van der Waals surface area contributed by atoms with Gasteiger partial charge < -0.3 is 10.6 Å². The molecule has 0 heterocycles. The fraction of sp³-hybridized carbons (Fsp3) is 0.417. The second-order valence-electron chi connectivity index (χ2n) is 3.52. The van der Waals surface area contributed by atoms with Crippen LogP contribution in [-0.2, 0) is 4.79 Å². The van der Waals surface area contributed by atoms with E-state index in [2.05, 4.69) is 10.6 Å². The zero-order valence-corrected chi connectivity index (χ0v) is 9.34. The topological polar surface area (TPSA) is 41.1 Å². The molecular formula is C12H18N2O. The van der Waals surface area contributed by atoms with Gasteiger partial charge in [0.25, 0.3) is 0 Å². The zero-order valence-electron chi connectivity index (χ0n) is 9.34. The van der Waals surface area contributed by atoms with E-state index >= 15 is 0 Å². The van der Waals surface area contributed by atoms with Crippen molar-refractivity contribution in [3.8, 4) is 0 Å². The number of aryl methyl sites for hydroxylation is 1. The molecule has 0 aliphatic rings. The number of carbonyl (C=O) groups excluding carboxylic acids is 1. The van der Waals surface area contributed by atoms with Crippen molar-refractivity contribution in [3.63, 3.8) is 0 Å². The molecule has 0 aromatic heterocycles. The van der Waals surface area contributed by atoms with Crippen LogP contribution in [0.1, 0.15) is 18.9 Å². The SMILES string of the molecule is CCNCCC(=O)Nc1cccc(C)c1. The van der Waals surface area contributed by atoms with E-state index in [1.54, 1.807) is 0 Å². The summed E-state index contributed by atoms with van der Waals surface area (Å²) < 4.78 is 0. The molecule has 0 saturated heterocycles. The lowest BCUT2D eigenvalue weighted by atomic mass is 10.2. The monoisotopic (exact) mass is 206 g/mol. The van der Waals surface area contributed by atoms with Crippen LogP contribution in [0.15, 0.2) is 24.3 Å². The molecule has 0 atom stereocenters. The fourth-order valence-corrected chi connectivity index (χ4v) is 1.33. The van der Waals surface area contributed by atoms with Crippen molar-refractivity contribution in [1.29, 1.82) is 0 Å². The van der Waals surface area contributed by atoms with Crippen molar-refractivity contribution in [2.24, 2.45) is 0 Å². The van der Waals surface area contributed by atoms with E-state index in [0.29, 0.717) is 6.42 Å². The number of carbonyl (C=O) groups is 1. The van der Waals surface area contributed by atoms with Crippen molar-refractivity contribution in [1.82, 2.24) is 5.32 Å². The summed E-state index contributed by atoms with van der Waals surface area (Å²) >= 11 is 0. The van der Waals surface area contributed by atoms with Crippen LogP contribution >= 0.6 is 0 Å². The highest BCUT2D eigenvalue weighted by molar-refractivity contribution is 5.90.